The molecule has 5 nitrogen and oxygen atoms in total. The minimum atomic E-state index is 0.621. The fourth-order valence-corrected chi connectivity index (χ4v) is 2.73. The smallest absolute Gasteiger partial charge is 0.212 e. The van der Waals surface area contributed by atoms with Crippen LogP contribution < -0.4 is 5.73 Å². The van der Waals surface area contributed by atoms with Gasteiger partial charge >= 0.3 is 0 Å². The quantitative estimate of drug-likeness (QED) is 0.759. The first-order valence-electron chi connectivity index (χ1n) is 5.91. The van der Waals surface area contributed by atoms with Crippen molar-refractivity contribution in [2.75, 3.05) is 6.54 Å². The van der Waals surface area contributed by atoms with Crippen molar-refractivity contribution in [1.29, 1.82) is 0 Å². The van der Waals surface area contributed by atoms with E-state index in [4.69, 9.17) is 10.2 Å². The zero-order chi connectivity index (χ0) is 12.4. The predicted molar refractivity (Wildman–Crippen MR) is 69.7 cm³/mol. The second kappa shape index (κ2) is 4.91. The maximum absolute atomic E-state index is 5.51. The summed E-state index contributed by atoms with van der Waals surface area (Å²) < 4.78 is 7.14. The molecule has 0 aliphatic rings. The third kappa shape index (κ3) is 2.30. The number of aromatic nitrogens is 3. The van der Waals surface area contributed by atoms with Crippen molar-refractivity contribution >= 4 is 16.3 Å². The highest BCUT2D eigenvalue weighted by molar-refractivity contribution is 7.16. The van der Waals surface area contributed by atoms with Gasteiger partial charge in [0.05, 0.1) is 18.2 Å². The second-order valence-electron chi connectivity index (χ2n) is 4.07. The first-order chi connectivity index (χ1) is 8.85. The lowest BCUT2D eigenvalue weighted by molar-refractivity contribution is 0.508. The van der Waals surface area contributed by atoms with Gasteiger partial charge in [0.15, 0.2) is 0 Å². The van der Waals surface area contributed by atoms with Gasteiger partial charge in [-0.15, -0.1) is 0 Å². The molecule has 3 aromatic heterocycles. The average molecular weight is 262 g/mol. The fraction of sp³-hybridized carbons (Fsp3) is 0.333. The van der Waals surface area contributed by atoms with E-state index in [2.05, 4.69) is 10.1 Å². The Morgan fingerprint density at radius 1 is 1.33 bits per heavy atom. The molecule has 3 aromatic rings. The van der Waals surface area contributed by atoms with Crippen LogP contribution in [0.2, 0.25) is 0 Å². The minimum Gasteiger partial charge on any atom is -0.469 e. The van der Waals surface area contributed by atoms with Crippen LogP contribution >= 0.6 is 11.3 Å². The number of nitrogens with zero attached hydrogens (tertiary/aromatic N) is 3. The Morgan fingerprint density at radius 3 is 3.00 bits per heavy atom. The fourth-order valence-electron chi connectivity index (χ4n) is 1.84. The molecule has 0 bridgehead atoms. The van der Waals surface area contributed by atoms with Crippen molar-refractivity contribution in [2.45, 2.75) is 19.3 Å². The van der Waals surface area contributed by atoms with Gasteiger partial charge in [-0.2, -0.15) is 5.10 Å². The Bertz CT molecular complexity index is 594. The van der Waals surface area contributed by atoms with E-state index in [9.17, 15) is 0 Å². The summed E-state index contributed by atoms with van der Waals surface area (Å²) in [7, 11) is 0. The van der Waals surface area contributed by atoms with Crippen molar-refractivity contribution < 1.29 is 4.42 Å². The first kappa shape index (κ1) is 11.4. The van der Waals surface area contributed by atoms with E-state index in [1.165, 1.54) is 0 Å². The molecule has 0 aliphatic carbocycles. The van der Waals surface area contributed by atoms with Gasteiger partial charge in [0.25, 0.3) is 0 Å². The average Bonchev–Trinajstić information content (AvgIpc) is 3.00. The first-order valence-corrected chi connectivity index (χ1v) is 6.73. The molecule has 0 aromatic carbocycles. The molecule has 0 spiro atoms. The molecule has 3 heterocycles. The molecule has 2 N–H and O–H groups in total. The summed E-state index contributed by atoms with van der Waals surface area (Å²) in [5, 5.41) is 5.58. The van der Waals surface area contributed by atoms with Gasteiger partial charge in [0.1, 0.15) is 10.8 Å². The summed E-state index contributed by atoms with van der Waals surface area (Å²) in [4.78, 5) is 5.42. The second-order valence-corrected chi connectivity index (χ2v) is 5.11. The normalized spacial score (nSPS) is 11.4. The molecule has 0 atom stereocenters. The van der Waals surface area contributed by atoms with Crippen LogP contribution in [0, 0.1) is 0 Å². The number of nitrogens with two attached hydrogens (primary N) is 1. The summed E-state index contributed by atoms with van der Waals surface area (Å²) >= 11 is 1.62. The summed E-state index contributed by atoms with van der Waals surface area (Å²) in [6.07, 6.45) is 6.21. The van der Waals surface area contributed by atoms with Crippen molar-refractivity contribution in [2.24, 2.45) is 5.73 Å². The predicted octanol–water partition coefficient (Wildman–Crippen LogP) is 1.67. The van der Waals surface area contributed by atoms with Crippen molar-refractivity contribution in [1.82, 2.24) is 14.6 Å². The molecule has 0 aliphatic heterocycles. The molecule has 0 unspecified atom stereocenters. The Hall–Kier alpha value is -1.66. The number of aryl methyl sites for hydroxylation is 2. The molecule has 6 heteroatoms. The van der Waals surface area contributed by atoms with Crippen LogP contribution in [-0.4, -0.2) is 21.1 Å². The zero-order valence-electron chi connectivity index (χ0n) is 9.87. The van der Waals surface area contributed by atoms with Crippen LogP contribution in [0.5, 0.6) is 0 Å². The van der Waals surface area contributed by atoms with Crippen LogP contribution in [0.3, 0.4) is 0 Å². The van der Waals surface area contributed by atoms with Crippen molar-refractivity contribution in [3.05, 3.63) is 41.1 Å². The van der Waals surface area contributed by atoms with E-state index in [1.54, 1.807) is 17.6 Å². The van der Waals surface area contributed by atoms with E-state index in [0.717, 1.165) is 40.7 Å². The van der Waals surface area contributed by atoms with Crippen LogP contribution in [0.1, 0.15) is 16.5 Å². The largest absolute Gasteiger partial charge is 0.469 e. The van der Waals surface area contributed by atoms with E-state index in [-0.39, 0.29) is 0 Å². The standard InChI is InChI=1S/C12H14N4OS/c13-6-5-9-8-16-12(14-9)18-11(15-16)4-3-10-2-1-7-17-10/h1-2,7-8H,3-6,13H2. The number of fused-ring (bicyclic) bond motifs is 1. The third-order valence-corrected chi connectivity index (χ3v) is 3.68. The number of furan rings is 1. The monoisotopic (exact) mass is 262 g/mol. The molecule has 0 saturated carbocycles. The van der Waals surface area contributed by atoms with E-state index >= 15 is 0 Å². The van der Waals surface area contributed by atoms with Gasteiger partial charge in [0.2, 0.25) is 4.96 Å². The summed E-state index contributed by atoms with van der Waals surface area (Å²) in [6, 6.07) is 3.89. The number of rotatable bonds is 5. The van der Waals surface area contributed by atoms with Crippen molar-refractivity contribution in [3.8, 4) is 0 Å². The molecule has 94 valence electrons. The van der Waals surface area contributed by atoms with E-state index in [1.807, 2.05) is 22.8 Å². The van der Waals surface area contributed by atoms with Gasteiger partial charge in [-0.1, -0.05) is 11.3 Å². The van der Waals surface area contributed by atoms with Gasteiger partial charge in [-0.3, -0.25) is 0 Å². The third-order valence-electron chi connectivity index (χ3n) is 2.70. The Kier molecular flexibility index (Phi) is 3.12. The lowest BCUT2D eigenvalue weighted by Crippen LogP contribution is -2.02. The highest BCUT2D eigenvalue weighted by Gasteiger charge is 2.08. The van der Waals surface area contributed by atoms with Gasteiger partial charge in [-0.25, -0.2) is 9.50 Å². The Balaban J connectivity index is 1.71. The molecular formula is C12H14N4OS. The number of imidazole rings is 1. The number of hydrogen-bond donors (Lipinski definition) is 1. The molecule has 0 radical (unpaired) electrons. The van der Waals surface area contributed by atoms with Crippen LogP contribution in [0.4, 0.5) is 0 Å². The summed E-state index contributed by atoms with van der Waals surface area (Å²) in [5.74, 6) is 0.992. The Labute approximate surface area is 108 Å². The van der Waals surface area contributed by atoms with E-state index < -0.39 is 0 Å². The molecule has 0 saturated heterocycles. The lowest BCUT2D eigenvalue weighted by Gasteiger charge is -1.92. The maximum atomic E-state index is 5.51. The van der Waals surface area contributed by atoms with Gasteiger partial charge in [0, 0.05) is 19.3 Å². The molecule has 3 rings (SSSR count). The van der Waals surface area contributed by atoms with Crippen molar-refractivity contribution in [3.63, 3.8) is 0 Å². The molecular weight excluding hydrogens is 248 g/mol. The van der Waals surface area contributed by atoms with Crippen LogP contribution in [0.25, 0.3) is 4.96 Å². The highest BCUT2D eigenvalue weighted by atomic mass is 32.1. The number of hydrogen-bond acceptors (Lipinski definition) is 5. The van der Waals surface area contributed by atoms with E-state index in [0.29, 0.717) is 6.54 Å². The lowest BCUT2D eigenvalue weighted by atomic mass is 10.2. The minimum absolute atomic E-state index is 0.621. The summed E-state index contributed by atoms with van der Waals surface area (Å²) in [5.41, 5.74) is 6.51. The SMILES string of the molecule is NCCc1cn2nc(CCc3ccco3)sc2n1. The maximum Gasteiger partial charge on any atom is 0.212 e. The van der Waals surface area contributed by atoms with Crippen LogP contribution in [0.15, 0.2) is 29.0 Å². The van der Waals surface area contributed by atoms with Gasteiger partial charge in [-0.05, 0) is 18.7 Å². The van der Waals surface area contributed by atoms with Crippen LogP contribution in [-0.2, 0) is 19.3 Å². The highest BCUT2D eigenvalue weighted by Crippen LogP contribution is 2.17. The van der Waals surface area contributed by atoms with Gasteiger partial charge < -0.3 is 10.2 Å². The molecule has 0 amide bonds. The summed E-state index contributed by atoms with van der Waals surface area (Å²) in [6.45, 7) is 0.621. The zero-order valence-corrected chi connectivity index (χ0v) is 10.7. The topological polar surface area (TPSA) is 69.3 Å². The molecule has 18 heavy (non-hydrogen) atoms. The molecule has 0 fully saturated rings. The Morgan fingerprint density at radius 2 is 2.28 bits per heavy atom.